The number of amides is 1. The molecule has 124 valence electrons. The van der Waals surface area contributed by atoms with Gasteiger partial charge < -0.3 is 4.74 Å². The zero-order valence-corrected chi connectivity index (χ0v) is 14.3. The van der Waals surface area contributed by atoms with Gasteiger partial charge in [0.1, 0.15) is 5.75 Å². The predicted octanol–water partition coefficient (Wildman–Crippen LogP) is 3.52. The fourth-order valence-corrected chi connectivity index (χ4v) is 2.27. The van der Waals surface area contributed by atoms with Gasteiger partial charge in [-0.1, -0.05) is 28.1 Å². The summed E-state index contributed by atoms with van der Waals surface area (Å²) in [6, 6.07) is 11.0. The third-order valence-corrected chi connectivity index (χ3v) is 3.44. The smallest absolute Gasteiger partial charge is 0.275 e. The van der Waals surface area contributed by atoms with Crippen molar-refractivity contribution in [1.29, 1.82) is 0 Å². The second kappa shape index (κ2) is 8.21. The van der Waals surface area contributed by atoms with Gasteiger partial charge in [-0.05, 0) is 25.1 Å². The number of hydrogen-bond donors (Lipinski definition) is 1. The first kappa shape index (κ1) is 17.6. The second-order valence-electron chi connectivity index (χ2n) is 4.62. The van der Waals surface area contributed by atoms with Crippen molar-refractivity contribution in [2.24, 2.45) is 5.10 Å². The van der Waals surface area contributed by atoms with Crippen molar-refractivity contribution < 1.29 is 14.5 Å². The first-order valence-electron chi connectivity index (χ1n) is 7.01. The average Bonchev–Trinajstić information content (AvgIpc) is 2.57. The maximum atomic E-state index is 12.2. The van der Waals surface area contributed by atoms with Gasteiger partial charge in [0, 0.05) is 22.2 Å². The van der Waals surface area contributed by atoms with Crippen molar-refractivity contribution in [1.82, 2.24) is 5.43 Å². The Morgan fingerprint density at radius 3 is 2.88 bits per heavy atom. The van der Waals surface area contributed by atoms with Gasteiger partial charge >= 0.3 is 0 Å². The van der Waals surface area contributed by atoms with E-state index < -0.39 is 10.8 Å². The number of carbonyl (C=O) groups is 1. The molecular weight excluding hydrogens is 378 g/mol. The maximum absolute atomic E-state index is 12.2. The van der Waals surface area contributed by atoms with E-state index >= 15 is 0 Å². The monoisotopic (exact) mass is 391 g/mol. The number of carbonyl (C=O) groups excluding carboxylic acids is 1. The standard InChI is InChI=1S/C16H14BrN3O4/c1-2-24-15-7-6-12(17)9-14(15)16(21)19-18-10-11-4-3-5-13(8-11)20(22)23/h3-10H,2H2,1H3,(H,19,21)/b18-10+. The van der Waals surface area contributed by atoms with E-state index in [4.69, 9.17) is 4.74 Å². The molecular formula is C16H14BrN3O4. The molecule has 1 amide bonds. The summed E-state index contributed by atoms with van der Waals surface area (Å²) in [5.74, 6) is 0.00480. The van der Waals surface area contributed by atoms with E-state index in [0.717, 1.165) is 4.47 Å². The summed E-state index contributed by atoms with van der Waals surface area (Å²) >= 11 is 3.30. The van der Waals surface area contributed by atoms with Gasteiger partial charge in [0.15, 0.2) is 0 Å². The van der Waals surface area contributed by atoms with Crippen molar-refractivity contribution in [2.45, 2.75) is 6.92 Å². The van der Waals surface area contributed by atoms with E-state index in [0.29, 0.717) is 23.5 Å². The van der Waals surface area contributed by atoms with E-state index in [1.54, 1.807) is 30.3 Å². The Bertz CT molecular complexity index is 793. The van der Waals surface area contributed by atoms with Crippen LogP contribution >= 0.6 is 15.9 Å². The minimum atomic E-state index is -0.494. The van der Waals surface area contributed by atoms with Crippen molar-refractivity contribution in [3.05, 3.63) is 68.2 Å². The lowest BCUT2D eigenvalue weighted by Gasteiger charge is -2.09. The van der Waals surface area contributed by atoms with Crippen LogP contribution in [-0.4, -0.2) is 23.7 Å². The number of rotatable bonds is 6. The number of hydrogen-bond acceptors (Lipinski definition) is 5. The Hall–Kier alpha value is -2.74. The first-order chi connectivity index (χ1) is 11.5. The summed E-state index contributed by atoms with van der Waals surface area (Å²) in [5, 5.41) is 14.6. The van der Waals surface area contributed by atoms with Gasteiger partial charge in [0.05, 0.1) is 23.3 Å². The van der Waals surface area contributed by atoms with Crippen molar-refractivity contribution in [3.63, 3.8) is 0 Å². The summed E-state index contributed by atoms with van der Waals surface area (Å²) in [6.07, 6.45) is 1.34. The van der Waals surface area contributed by atoms with Crippen LogP contribution in [0.5, 0.6) is 5.75 Å². The molecule has 0 atom stereocenters. The van der Waals surface area contributed by atoms with Crippen LogP contribution in [0.4, 0.5) is 5.69 Å². The lowest BCUT2D eigenvalue weighted by atomic mass is 10.2. The summed E-state index contributed by atoms with van der Waals surface area (Å²) in [7, 11) is 0. The number of nitrogens with one attached hydrogen (secondary N) is 1. The molecule has 0 bridgehead atoms. The van der Waals surface area contributed by atoms with Crippen LogP contribution in [0.25, 0.3) is 0 Å². The van der Waals surface area contributed by atoms with Crippen LogP contribution in [0.15, 0.2) is 52.0 Å². The maximum Gasteiger partial charge on any atom is 0.275 e. The van der Waals surface area contributed by atoms with Gasteiger partial charge in [-0.2, -0.15) is 5.10 Å². The topological polar surface area (TPSA) is 93.8 Å². The molecule has 0 radical (unpaired) electrons. The lowest BCUT2D eigenvalue weighted by Crippen LogP contribution is -2.18. The number of hydrazone groups is 1. The molecule has 2 rings (SSSR count). The third kappa shape index (κ3) is 4.63. The van der Waals surface area contributed by atoms with Crippen LogP contribution in [0.3, 0.4) is 0 Å². The Kier molecular flexibility index (Phi) is 6.02. The third-order valence-electron chi connectivity index (χ3n) is 2.95. The summed E-state index contributed by atoms with van der Waals surface area (Å²) in [4.78, 5) is 22.5. The molecule has 2 aromatic carbocycles. The number of nitro benzene ring substituents is 1. The lowest BCUT2D eigenvalue weighted by molar-refractivity contribution is -0.384. The fraction of sp³-hybridized carbons (Fsp3) is 0.125. The van der Waals surface area contributed by atoms with Crippen molar-refractivity contribution in [2.75, 3.05) is 6.61 Å². The highest BCUT2D eigenvalue weighted by Crippen LogP contribution is 2.23. The molecule has 7 nitrogen and oxygen atoms in total. The van der Waals surface area contributed by atoms with Crippen molar-refractivity contribution >= 4 is 33.7 Å². The van der Waals surface area contributed by atoms with Gasteiger partial charge in [0.2, 0.25) is 0 Å². The van der Waals surface area contributed by atoms with E-state index in [9.17, 15) is 14.9 Å². The molecule has 0 saturated heterocycles. The molecule has 0 aliphatic heterocycles. The molecule has 0 aliphatic carbocycles. The van der Waals surface area contributed by atoms with E-state index in [1.165, 1.54) is 18.3 Å². The van der Waals surface area contributed by atoms with Gasteiger partial charge in [-0.3, -0.25) is 14.9 Å². The summed E-state index contributed by atoms with van der Waals surface area (Å²) < 4.78 is 6.15. The van der Waals surface area contributed by atoms with Crippen LogP contribution in [0.2, 0.25) is 0 Å². The van der Waals surface area contributed by atoms with Gasteiger partial charge in [-0.15, -0.1) is 0 Å². The Morgan fingerprint density at radius 2 is 2.17 bits per heavy atom. The molecule has 0 unspecified atom stereocenters. The largest absolute Gasteiger partial charge is 0.493 e. The van der Waals surface area contributed by atoms with Gasteiger partial charge in [0.25, 0.3) is 11.6 Å². The average molecular weight is 392 g/mol. The molecule has 1 N–H and O–H groups in total. The fourth-order valence-electron chi connectivity index (χ4n) is 1.91. The number of halogens is 1. The van der Waals surface area contributed by atoms with E-state index in [-0.39, 0.29) is 5.69 Å². The first-order valence-corrected chi connectivity index (χ1v) is 7.80. The van der Waals surface area contributed by atoms with Gasteiger partial charge in [-0.25, -0.2) is 5.43 Å². The molecule has 24 heavy (non-hydrogen) atoms. The van der Waals surface area contributed by atoms with Crippen LogP contribution in [0.1, 0.15) is 22.8 Å². The molecule has 0 spiro atoms. The minimum absolute atomic E-state index is 0.0455. The van der Waals surface area contributed by atoms with E-state index in [2.05, 4.69) is 26.5 Å². The predicted molar refractivity (Wildman–Crippen MR) is 93.5 cm³/mol. The normalized spacial score (nSPS) is 10.6. The SMILES string of the molecule is CCOc1ccc(Br)cc1C(=O)N/N=C/c1cccc([N+](=O)[O-])c1. The highest BCUT2D eigenvalue weighted by atomic mass is 79.9. The Labute approximate surface area is 146 Å². The molecule has 0 saturated carbocycles. The second-order valence-corrected chi connectivity index (χ2v) is 5.54. The number of nitrogens with zero attached hydrogens (tertiary/aromatic N) is 2. The van der Waals surface area contributed by atoms with E-state index in [1.807, 2.05) is 6.92 Å². The molecule has 0 aliphatic rings. The molecule has 0 fully saturated rings. The summed E-state index contributed by atoms with van der Waals surface area (Å²) in [6.45, 7) is 2.25. The van der Waals surface area contributed by atoms with Crippen LogP contribution in [-0.2, 0) is 0 Å². The highest BCUT2D eigenvalue weighted by Gasteiger charge is 2.12. The number of ether oxygens (including phenoxy) is 1. The Morgan fingerprint density at radius 1 is 1.38 bits per heavy atom. The molecule has 0 heterocycles. The van der Waals surface area contributed by atoms with Crippen LogP contribution < -0.4 is 10.2 Å². The number of non-ortho nitro benzene ring substituents is 1. The molecule has 2 aromatic rings. The number of benzene rings is 2. The Balaban J connectivity index is 2.12. The summed E-state index contributed by atoms with van der Waals surface area (Å²) in [5.41, 5.74) is 3.18. The molecule has 0 aromatic heterocycles. The minimum Gasteiger partial charge on any atom is -0.493 e. The van der Waals surface area contributed by atoms with Crippen LogP contribution in [0, 0.1) is 10.1 Å². The quantitative estimate of drug-likeness (QED) is 0.462. The van der Waals surface area contributed by atoms with Crippen molar-refractivity contribution in [3.8, 4) is 5.75 Å². The number of nitro groups is 1. The zero-order valence-electron chi connectivity index (χ0n) is 12.7. The molecule has 8 heteroatoms. The zero-order chi connectivity index (χ0) is 17.5. The highest BCUT2D eigenvalue weighted by molar-refractivity contribution is 9.10.